The molecule has 140 valence electrons. The van der Waals surface area contributed by atoms with E-state index in [0.717, 1.165) is 11.3 Å². The minimum Gasteiger partial charge on any atom is -0.481 e. The number of aliphatic carboxylic acids is 1. The van der Waals surface area contributed by atoms with Crippen molar-refractivity contribution >= 4 is 17.8 Å². The molecule has 2 heterocycles. The Kier molecular flexibility index (Phi) is 5.80. The van der Waals surface area contributed by atoms with Crippen LogP contribution in [0.4, 0.5) is 0 Å². The number of amides is 2. The molecule has 1 fully saturated rings. The molecule has 0 radical (unpaired) electrons. The van der Waals surface area contributed by atoms with Gasteiger partial charge in [0.2, 0.25) is 11.8 Å². The van der Waals surface area contributed by atoms with E-state index >= 15 is 0 Å². The number of hydrogen-bond donors (Lipinski definition) is 2. The van der Waals surface area contributed by atoms with E-state index in [1.807, 2.05) is 18.2 Å². The summed E-state index contributed by atoms with van der Waals surface area (Å²) in [5.74, 6) is -1.90. The molecule has 0 spiro atoms. The van der Waals surface area contributed by atoms with Gasteiger partial charge in [-0.1, -0.05) is 36.4 Å². The SMILES string of the molecule is O=C(O)C[C@@H](NC(=O)[C@H]1CC(=O)N(Cc2ccccn2)C1)c1ccccc1. The summed E-state index contributed by atoms with van der Waals surface area (Å²) in [4.78, 5) is 41.9. The van der Waals surface area contributed by atoms with Crippen molar-refractivity contribution in [1.29, 1.82) is 0 Å². The van der Waals surface area contributed by atoms with Crippen LogP contribution in [0.2, 0.25) is 0 Å². The molecule has 1 aromatic carbocycles. The van der Waals surface area contributed by atoms with E-state index in [0.29, 0.717) is 13.1 Å². The number of pyridine rings is 1. The van der Waals surface area contributed by atoms with E-state index in [2.05, 4.69) is 10.3 Å². The number of benzene rings is 1. The molecule has 2 aromatic rings. The van der Waals surface area contributed by atoms with Crippen LogP contribution < -0.4 is 5.32 Å². The monoisotopic (exact) mass is 367 g/mol. The van der Waals surface area contributed by atoms with Crippen molar-refractivity contribution in [2.24, 2.45) is 5.92 Å². The first kappa shape index (κ1) is 18.6. The number of likely N-dealkylation sites (tertiary alicyclic amines) is 1. The smallest absolute Gasteiger partial charge is 0.305 e. The van der Waals surface area contributed by atoms with Crippen LogP contribution >= 0.6 is 0 Å². The topological polar surface area (TPSA) is 99.6 Å². The Hall–Kier alpha value is -3.22. The molecule has 1 saturated heterocycles. The second-order valence-electron chi connectivity index (χ2n) is 6.57. The van der Waals surface area contributed by atoms with Crippen molar-refractivity contribution in [3.8, 4) is 0 Å². The van der Waals surface area contributed by atoms with Gasteiger partial charge >= 0.3 is 5.97 Å². The molecule has 7 nitrogen and oxygen atoms in total. The zero-order valence-electron chi connectivity index (χ0n) is 14.7. The standard InChI is InChI=1S/C20H21N3O4/c24-18-10-15(12-23(18)13-16-8-4-5-9-21-16)20(27)22-17(11-19(25)26)14-6-2-1-3-7-14/h1-9,15,17H,10-13H2,(H,22,27)(H,25,26)/t15-,17+/m0/s1. The number of carboxylic acid groups (broad SMARTS) is 1. The highest BCUT2D eigenvalue weighted by Gasteiger charge is 2.35. The predicted molar refractivity (Wildman–Crippen MR) is 97.3 cm³/mol. The zero-order chi connectivity index (χ0) is 19.2. The van der Waals surface area contributed by atoms with E-state index in [1.54, 1.807) is 41.4 Å². The number of carbonyl (C=O) groups excluding carboxylic acids is 2. The van der Waals surface area contributed by atoms with E-state index in [9.17, 15) is 14.4 Å². The van der Waals surface area contributed by atoms with Crippen molar-refractivity contribution < 1.29 is 19.5 Å². The highest BCUT2D eigenvalue weighted by molar-refractivity contribution is 5.89. The van der Waals surface area contributed by atoms with Gasteiger partial charge in [0.05, 0.1) is 30.6 Å². The molecule has 0 aliphatic carbocycles. The highest BCUT2D eigenvalue weighted by atomic mass is 16.4. The van der Waals surface area contributed by atoms with Gasteiger partial charge in [-0.15, -0.1) is 0 Å². The van der Waals surface area contributed by atoms with Gasteiger partial charge in [0.25, 0.3) is 0 Å². The second-order valence-corrected chi connectivity index (χ2v) is 6.57. The molecular weight excluding hydrogens is 346 g/mol. The number of aromatic nitrogens is 1. The van der Waals surface area contributed by atoms with Crippen LogP contribution in [0, 0.1) is 5.92 Å². The van der Waals surface area contributed by atoms with Crippen molar-refractivity contribution in [2.45, 2.75) is 25.4 Å². The van der Waals surface area contributed by atoms with E-state index < -0.39 is 17.9 Å². The number of carbonyl (C=O) groups is 3. The Morgan fingerprint density at radius 3 is 2.59 bits per heavy atom. The molecule has 2 atom stereocenters. The Labute approximate surface area is 157 Å². The van der Waals surface area contributed by atoms with Gasteiger partial charge in [0.15, 0.2) is 0 Å². The lowest BCUT2D eigenvalue weighted by Gasteiger charge is -2.20. The summed E-state index contributed by atoms with van der Waals surface area (Å²) in [5.41, 5.74) is 1.49. The van der Waals surface area contributed by atoms with Crippen LogP contribution in [0.15, 0.2) is 54.7 Å². The molecule has 27 heavy (non-hydrogen) atoms. The molecule has 0 unspecified atom stereocenters. The largest absolute Gasteiger partial charge is 0.481 e. The van der Waals surface area contributed by atoms with E-state index in [1.165, 1.54) is 0 Å². The average molecular weight is 367 g/mol. The van der Waals surface area contributed by atoms with Crippen LogP contribution in [0.1, 0.15) is 30.1 Å². The maximum atomic E-state index is 12.7. The third-order valence-electron chi connectivity index (χ3n) is 4.56. The fourth-order valence-corrected chi connectivity index (χ4v) is 3.19. The van der Waals surface area contributed by atoms with Crippen molar-refractivity contribution in [1.82, 2.24) is 15.2 Å². The van der Waals surface area contributed by atoms with Gasteiger partial charge in [-0.25, -0.2) is 0 Å². The van der Waals surface area contributed by atoms with Crippen LogP contribution in [0.3, 0.4) is 0 Å². The molecule has 1 aromatic heterocycles. The number of nitrogens with one attached hydrogen (secondary N) is 1. The third-order valence-corrected chi connectivity index (χ3v) is 4.56. The summed E-state index contributed by atoms with van der Waals surface area (Å²) in [7, 11) is 0. The Morgan fingerprint density at radius 2 is 1.93 bits per heavy atom. The summed E-state index contributed by atoms with van der Waals surface area (Å²) in [6, 6.07) is 13.8. The fraction of sp³-hybridized carbons (Fsp3) is 0.300. The maximum Gasteiger partial charge on any atom is 0.305 e. The van der Waals surface area contributed by atoms with Gasteiger partial charge in [0.1, 0.15) is 0 Å². The minimum absolute atomic E-state index is 0.102. The highest BCUT2D eigenvalue weighted by Crippen LogP contribution is 2.23. The summed E-state index contributed by atoms with van der Waals surface area (Å²) >= 11 is 0. The molecule has 0 saturated carbocycles. The summed E-state index contributed by atoms with van der Waals surface area (Å²) < 4.78 is 0. The Balaban J connectivity index is 1.64. The van der Waals surface area contributed by atoms with Gasteiger partial charge in [-0.3, -0.25) is 19.4 Å². The first-order valence-electron chi connectivity index (χ1n) is 8.77. The maximum absolute atomic E-state index is 12.7. The zero-order valence-corrected chi connectivity index (χ0v) is 14.7. The van der Waals surface area contributed by atoms with Gasteiger partial charge in [-0.05, 0) is 17.7 Å². The molecule has 0 bridgehead atoms. The second kappa shape index (κ2) is 8.44. The van der Waals surface area contributed by atoms with Crippen molar-refractivity contribution in [3.63, 3.8) is 0 Å². The first-order valence-corrected chi connectivity index (χ1v) is 8.77. The molecule has 3 rings (SSSR count). The van der Waals surface area contributed by atoms with Crippen LogP contribution in [-0.4, -0.2) is 39.3 Å². The molecule has 7 heteroatoms. The fourth-order valence-electron chi connectivity index (χ4n) is 3.19. The number of rotatable bonds is 7. The Morgan fingerprint density at radius 1 is 1.19 bits per heavy atom. The van der Waals surface area contributed by atoms with Crippen LogP contribution in [0.5, 0.6) is 0 Å². The van der Waals surface area contributed by atoms with Crippen molar-refractivity contribution in [2.75, 3.05) is 6.54 Å². The predicted octanol–water partition coefficient (Wildman–Crippen LogP) is 1.76. The number of carboxylic acids is 1. The van der Waals surface area contributed by atoms with Crippen molar-refractivity contribution in [3.05, 3.63) is 66.0 Å². The lowest BCUT2D eigenvalue weighted by molar-refractivity contribution is -0.138. The minimum atomic E-state index is -0.997. The first-order chi connectivity index (χ1) is 13.0. The summed E-state index contributed by atoms with van der Waals surface area (Å²) in [6.07, 6.45) is 1.57. The molecular formula is C20H21N3O4. The summed E-state index contributed by atoms with van der Waals surface area (Å²) in [6.45, 7) is 0.663. The summed E-state index contributed by atoms with van der Waals surface area (Å²) in [5, 5.41) is 11.9. The number of hydrogen-bond acceptors (Lipinski definition) is 4. The lowest BCUT2D eigenvalue weighted by Crippen LogP contribution is -2.36. The quantitative estimate of drug-likeness (QED) is 0.777. The van der Waals surface area contributed by atoms with Crippen LogP contribution in [-0.2, 0) is 20.9 Å². The molecule has 1 aliphatic heterocycles. The van der Waals surface area contributed by atoms with Gasteiger partial charge in [0, 0.05) is 19.2 Å². The van der Waals surface area contributed by atoms with Gasteiger partial charge < -0.3 is 15.3 Å². The van der Waals surface area contributed by atoms with Crippen LogP contribution in [0.25, 0.3) is 0 Å². The lowest BCUT2D eigenvalue weighted by atomic mass is 10.0. The van der Waals surface area contributed by atoms with E-state index in [4.69, 9.17) is 5.11 Å². The molecule has 2 amide bonds. The molecule has 2 N–H and O–H groups in total. The van der Waals surface area contributed by atoms with E-state index in [-0.39, 0.29) is 24.7 Å². The normalized spacial score (nSPS) is 17.6. The third kappa shape index (κ3) is 4.91. The molecule has 1 aliphatic rings. The average Bonchev–Trinajstić information content (AvgIpc) is 3.03. The number of nitrogens with zero attached hydrogens (tertiary/aromatic N) is 2. The van der Waals surface area contributed by atoms with Gasteiger partial charge in [-0.2, -0.15) is 0 Å². The Bertz CT molecular complexity index is 810.